The van der Waals surface area contributed by atoms with Crippen molar-refractivity contribution >= 4 is 15.7 Å². The number of benzene rings is 1. The van der Waals surface area contributed by atoms with Crippen molar-refractivity contribution in [2.45, 2.75) is 25.7 Å². The van der Waals surface area contributed by atoms with Crippen LogP contribution in [0, 0.1) is 12.8 Å². The molecule has 0 amide bonds. The summed E-state index contributed by atoms with van der Waals surface area (Å²) < 4.78 is 22.4. The number of nitrogens with one attached hydrogen (secondary N) is 1. The van der Waals surface area contributed by atoms with Crippen molar-refractivity contribution in [1.82, 2.24) is 0 Å². The highest BCUT2D eigenvalue weighted by atomic mass is 32.2. The van der Waals surface area contributed by atoms with Crippen molar-refractivity contribution in [3.63, 3.8) is 0 Å². The first-order valence-corrected chi connectivity index (χ1v) is 6.72. The van der Waals surface area contributed by atoms with Crippen LogP contribution in [-0.2, 0) is 10.0 Å². The molecule has 0 unspecified atom stereocenters. The average Bonchev–Trinajstić information content (AvgIpc) is 2.14. The van der Waals surface area contributed by atoms with Gasteiger partial charge in [-0.1, -0.05) is 19.9 Å². The quantitative estimate of drug-likeness (QED) is 0.844. The van der Waals surface area contributed by atoms with E-state index in [0.29, 0.717) is 5.92 Å². The Balaban J connectivity index is 3.00. The summed E-state index contributed by atoms with van der Waals surface area (Å²) in [5, 5.41) is 8.28. The van der Waals surface area contributed by atoms with Crippen LogP contribution in [0.2, 0.25) is 0 Å². The number of aryl methyl sites for hydroxylation is 1. The Labute approximate surface area is 96.9 Å². The molecule has 3 N–H and O–H groups in total. The predicted octanol–water partition coefficient (Wildman–Crippen LogP) is 1.71. The molecular formula is C11H18N2O2S. The number of sulfonamides is 1. The highest BCUT2D eigenvalue weighted by Gasteiger charge is 2.09. The van der Waals surface area contributed by atoms with E-state index in [1.807, 2.05) is 6.92 Å². The van der Waals surface area contributed by atoms with E-state index in [0.717, 1.165) is 17.8 Å². The monoisotopic (exact) mass is 242 g/mol. The molecule has 0 aliphatic rings. The van der Waals surface area contributed by atoms with Crippen LogP contribution in [0.3, 0.4) is 0 Å². The number of anilines is 1. The Morgan fingerprint density at radius 3 is 2.50 bits per heavy atom. The second-order valence-corrected chi connectivity index (χ2v) is 5.86. The maximum absolute atomic E-state index is 11.2. The van der Waals surface area contributed by atoms with Gasteiger partial charge in [0.15, 0.2) is 0 Å². The third-order valence-corrected chi connectivity index (χ3v) is 3.15. The van der Waals surface area contributed by atoms with Gasteiger partial charge in [-0.2, -0.15) is 0 Å². The van der Waals surface area contributed by atoms with Gasteiger partial charge in [0, 0.05) is 12.2 Å². The molecule has 0 bridgehead atoms. The van der Waals surface area contributed by atoms with Crippen molar-refractivity contribution in [3.05, 3.63) is 23.8 Å². The average molecular weight is 242 g/mol. The lowest BCUT2D eigenvalue weighted by Gasteiger charge is -2.12. The Bertz CT molecular complexity index is 467. The molecule has 16 heavy (non-hydrogen) atoms. The number of hydrogen-bond donors (Lipinski definition) is 2. The summed E-state index contributed by atoms with van der Waals surface area (Å²) in [6.45, 7) is 6.90. The summed E-state index contributed by atoms with van der Waals surface area (Å²) in [6, 6.07) is 4.85. The van der Waals surface area contributed by atoms with Gasteiger partial charge in [-0.05, 0) is 30.5 Å². The number of rotatable bonds is 4. The minimum Gasteiger partial charge on any atom is -0.385 e. The third-order valence-electron chi connectivity index (χ3n) is 2.24. The zero-order valence-corrected chi connectivity index (χ0v) is 10.6. The molecular weight excluding hydrogens is 224 g/mol. The van der Waals surface area contributed by atoms with Crippen molar-refractivity contribution in [2.24, 2.45) is 11.1 Å². The number of nitrogens with two attached hydrogens (primary N) is 1. The van der Waals surface area contributed by atoms with E-state index in [4.69, 9.17) is 5.14 Å². The van der Waals surface area contributed by atoms with Gasteiger partial charge >= 0.3 is 0 Å². The minimum absolute atomic E-state index is 0.143. The van der Waals surface area contributed by atoms with E-state index >= 15 is 0 Å². The first kappa shape index (κ1) is 13.0. The molecule has 90 valence electrons. The van der Waals surface area contributed by atoms with Crippen LogP contribution >= 0.6 is 0 Å². The van der Waals surface area contributed by atoms with Crippen molar-refractivity contribution in [2.75, 3.05) is 11.9 Å². The molecule has 1 aromatic carbocycles. The van der Waals surface area contributed by atoms with Crippen LogP contribution in [0.1, 0.15) is 19.4 Å². The highest BCUT2D eigenvalue weighted by molar-refractivity contribution is 7.89. The maximum atomic E-state index is 11.2. The van der Waals surface area contributed by atoms with Gasteiger partial charge in [0.25, 0.3) is 0 Å². The second-order valence-electron chi connectivity index (χ2n) is 4.30. The molecule has 0 aliphatic heterocycles. The maximum Gasteiger partial charge on any atom is 0.238 e. The molecule has 0 radical (unpaired) electrons. The van der Waals surface area contributed by atoms with Crippen molar-refractivity contribution in [1.29, 1.82) is 0 Å². The lowest BCUT2D eigenvalue weighted by molar-refractivity contribution is 0.598. The molecule has 4 nitrogen and oxygen atoms in total. The molecule has 0 fully saturated rings. The van der Waals surface area contributed by atoms with Gasteiger partial charge in [-0.15, -0.1) is 0 Å². The largest absolute Gasteiger partial charge is 0.385 e. The van der Waals surface area contributed by atoms with Crippen LogP contribution in [0.25, 0.3) is 0 Å². The van der Waals surface area contributed by atoms with Gasteiger partial charge in [-0.3, -0.25) is 0 Å². The fourth-order valence-electron chi connectivity index (χ4n) is 1.28. The van der Waals surface area contributed by atoms with Gasteiger partial charge < -0.3 is 5.32 Å². The lowest BCUT2D eigenvalue weighted by atomic mass is 10.1. The third kappa shape index (κ3) is 3.50. The first-order valence-electron chi connectivity index (χ1n) is 5.18. The SMILES string of the molecule is Cc1ccc(S(N)(=O)=O)cc1NCC(C)C. The Hall–Kier alpha value is -1.07. The van der Waals surface area contributed by atoms with Crippen LogP contribution in [-0.4, -0.2) is 15.0 Å². The minimum atomic E-state index is -3.62. The lowest BCUT2D eigenvalue weighted by Crippen LogP contribution is -2.14. The zero-order valence-electron chi connectivity index (χ0n) is 9.82. The summed E-state index contributed by atoms with van der Waals surface area (Å²) in [7, 11) is -3.62. The molecule has 1 aromatic rings. The summed E-state index contributed by atoms with van der Waals surface area (Å²) in [5.41, 5.74) is 1.83. The summed E-state index contributed by atoms with van der Waals surface area (Å²) in [6.07, 6.45) is 0. The van der Waals surface area contributed by atoms with E-state index < -0.39 is 10.0 Å². The van der Waals surface area contributed by atoms with E-state index in [1.54, 1.807) is 12.1 Å². The molecule has 0 spiro atoms. The van der Waals surface area contributed by atoms with Crippen LogP contribution in [0.4, 0.5) is 5.69 Å². The Kier molecular flexibility index (Phi) is 3.93. The van der Waals surface area contributed by atoms with E-state index in [2.05, 4.69) is 19.2 Å². The first-order chi connectivity index (χ1) is 7.30. The molecule has 5 heteroatoms. The van der Waals surface area contributed by atoms with Gasteiger partial charge in [0.05, 0.1) is 4.90 Å². The molecule has 0 aromatic heterocycles. The van der Waals surface area contributed by atoms with E-state index in [9.17, 15) is 8.42 Å². The van der Waals surface area contributed by atoms with Crippen molar-refractivity contribution < 1.29 is 8.42 Å². The van der Waals surface area contributed by atoms with Crippen LogP contribution in [0.15, 0.2) is 23.1 Å². The zero-order chi connectivity index (χ0) is 12.3. The molecule has 0 atom stereocenters. The standard InChI is InChI=1S/C11H18N2O2S/c1-8(2)7-13-11-6-10(16(12,14)15)5-4-9(11)3/h4-6,8,13H,7H2,1-3H3,(H2,12,14,15). The second kappa shape index (κ2) is 4.84. The fourth-order valence-corrected chi connectivity index (χ4v) is 1.82. The molecule has 0 saturated carbocycles. The fraction of sp³-hybridized carbons (Fsp3) is 0.455. The summed E-state index contributed by atoms with van der Waals surface area (Å²) >= 11 is 0. The van der Waals surface area contributed by atoms with Crippen LogP contribution < -0.4 is 10.5 Å². The molecule has 0 aliphatic carbocycles. The highest BCUT2D eigenvalue weighted by Crippen LogP contribution is 2.19. The topological polar surface area (TPSA) is 72.2 Å². The van der Waals surface area contributed by atoms with Gasteiger partial charge in [0.2, 0.25) is 10.0 Å². The van der Waals surface area contributed by atoms with E-state index in [-0.39, 0.29) is 4.90 Å². The molecule has 0 saturated heterocycles. The Morgan fingerprint density at radius 1 is 1.38 bits per heavy atom. The Morgan fingerprint density at radius 2 is 2.00 bits per heavy atom. The normalized spacial score (nSPS) is 11.8. The van der Waals surface area contributed by atoms with Crippen molar-refractivity contribution in [3.8, 4) is 0 Å². The number of hydrogen-bond acceptors (Lipinski definition) is 3. The predicted molar refractivity (Wildman–Crippen MR) is 65.9 cm³/mol. The summed E-state index contributed by atoms with van der Waals surface area (Å²) in [5.74, 6) is 0.498. The van der Waals surface area contributed by atoms with Crippen LogP contribution in [0.5, 0.6) is 0 Å². The van der Waals surface area contributed by atoms with Gasteiger partial charge in [-0.25, -0.2) is 13.6 Å². The number of primary sulfonamides is 1. The van der Waals surface area contributed by atoms with Gasteiger partial charge in [0.1, 0.15) is 0 Å². The molecule has 1 rings (SSSR count). The molecule has 0 heterocycles. The van der Waals surface area contributed by atoms with E-state index in [1.165, 1.54) is 6.07 Å². The summed E-state index contributed by atoms with van der Waals surface area (Å²) in [4.78, 5) is 0.143. The smallest absolute Gasteiger partial charge is 0.238 e.